The molecule has 1 amide bonds. The van der Waals surface area contributed by atoms with E-state index in [1.165, 1.54) is 6.07 Å². The average molecular weight is 266 g/mol. The minimum absolute atomic E-state index is 0.0448. The molecule has 0 bridgehead atoms. The Morgan fingerprint density at radius 1 is 1.32 bits per heavy atom. The second-order valence-electron chi connectivity index (χ2n) is 4.78. The summed E-state index contributed by atoms with van der Waals surface area (Å²) in [5, 5.41) is 5.97. The Kier molecular flexibility index (Phi) is 6.50. The molecule has 1 rings (SSSR count). The number of halogens is 1. The zero-order valence-corrected chi connectivity index (χ0v) is 11.9. The summed E-state index contributed by atoms with van der Waals surface area (Å²) in [4.78, 5) is 11.8. The highest BCUT2D eigenvalue weighted by molar-refractivity contribution is 5.81. The van der Waals surface area contributed by atoms with Gasteiger partial charge >= 0.3 is 0 Å². The van der Waals surface area contributed by atoms with Gasteiger partial charge in [0.1, 0.15) is 5.82 Å². The molecule has 0 spiro atoms. The van der Waals surface area contributed by atoms with Gasteiger partial charge in [0.15, 0.2) is 0 Å². The number of unbranched alkanes of at least 4 members (excludes halogenated alkanes) is 1. The van der Waals surface area contributed by atoms with E-state index in [4.69, 9.17) is 0 Å². The molecule has 2 N–H and O–H groups in total. The molecule has 19 heavy (non-hydrogen) atoms. The number of hydrogen-bond donors (Lipinski definition) is 2. The van der Waals surface area contributed by atoms with Crippen molar-refractivity contribution >= 4 is 5.91 Å². The molecule has 3 nitrogen and oxygen atoms in total. The lowest BCUT2D eigenvalue weighted by atomic mass is 10.1. The molecule has 1 aromatic carbocycles. The molecule has 1 unspecified atom stereocenters. The molecule has 0 aliphatic carbocycles. The SMILES string of the molecule is CCCCNC(=O)C(C)N[C@H](C)c1ccccc1F. The Bertz CT molecular complexity index is 409. The average Bonchev–Trinajstić information content (AvgIpc) is 2.39. The third-order valence-corrected chi connectivity index (χ3v) is 3.09. The predicted molar refractivity (Wildman–Crippen MR) is 75.3 cm³/mol. The van der Waals surface area contributed by atoms with Gasteiger partial charge in [0, 0.05) is 18.2 Å². The highest BCUT2D eigenvalue weighted by Crippen LogP contribution is 2.16. The van der Waals surface area contributed by atoms with Crippen molar-refractivity contribution in [1.82, 2.24) is 10.6 Å². The number of carbonyl (C=O) groups is 1. The zero-order chi connectivity index (χ0) is 14.3. The number of hydrogen-bond acceptors (Lipinski definition) is 2. The Morgan fingerprint density at radius 3 is 2.63 bits per heavy atom. The van der Waals surface area contributed by atoms with E-state index in [9.17, 15) is 9.18 Å². The standard InChI is InChI=1S/C15H23FN2O/c1-4-5-10-17-15(19)12(3)18-11(2)13-8-6-7-9-14(13)16/h6-9,11-12,18H,4-5,10H2,1-3H3,(H,17,19)/t11-,12?/m1/s1. The Morgan fingerprint density at radius 2 is 2.00 bits per heavy atom. The van der Waals surface area contributed by atoms with Crippen LogP contribution in [0, 0.1) is 5.82 Å². The molecule has 4 heteroatoms. The van der Waals surface area contributed by atoms with E-state index in [2.05, 4.69) is 17.6 Å². The first kappa shape index (κ1) is 15.6. The number of benzene rings is 1. The van der Waals surface area contributed by atoms with Crippen LogP contribution in [0.15, 0.2) is 24.3 Å². The molecule has 0 saturated carbocycles. The summed E-state index contributed by atoms with van der Waals surface area (Å²) in [7, 11) is 0. The summed E-state index contributed by atoms with van der Waals surface area (Å²) in [5.74, 6) is -0.294. The fraction of sp³-hybridized carbons (Fsp3) is 0.533. The van der Waals surface area contributed by atoms with E-state index in [-0.39, 0.29) is 23.8 Å². The van der Waals surface area contributed by atoms with Crippen LogP contribution in [0.4, 0.5) is 4.39 Å². The van der Waals surface area contributed by atoms with Gasteiger partial charge in [0.05, 0.1) is 6.04 Å². The number of amides is 1. The van der Waals surface area contributed by atoms with E-state index < -0.39 is 0 Å². The van der Waals surface area contributed by atoms with Crippen LogP contribution < -0.4 is 10.6 Å². The highest BCUT2D eigenvalue weighted by atomic mass is 19.1. The highest BCUT2D eigenvalue weighted by Gasteiger charge is 2.17. The van der Waals surface area contributed by atoms with Crippen molar-refractivity contribution in [2.45, 2.75) is 45.7 Å². The molecular weight excluding hydrogens is 243 g/mol. The van der Waals surface area contributed by atoms with Crippen molar-refractivity contribution in [3.63, 3.8) is 0 Å². The van der Waals surface area contributed by atoms with Gasteiger partial charge in [-0.1, -0.05) is 31.5 Å². The molecule has 0 radical (unpaired) electrons. The Hall–Kier alpha value is -1.42. The molecular formula is C15H23FN2O. The van der Waals surface area contributed by atoms with Gasteiger partial charge in [-0.2, -0.15) is 0 Å². The quantitative estimate of drug-likeness (QED) is 0.745. The first-order chi connectivity index (χ1) is 9.06. The van der Waals surface area contributed by atoms with Gasteiger partial charge < -0.3 is 5.32 Å². The van der Waals surface area contributed by atoms with E-state index >= 15 is 0 Å². The molecule has 2 atom stereocenters. The predicted octanol–water partition coefficient (Wildman–Crippen LogP) is 2.78. The summed E-state index contributed by atoms with van der Waals surface area (Å²) in [6.07, 6.45) is 2.02. The summed E-state index contributed by atoms with van der Waals surface area (Å²) < 4.78 is 13.6. The van der Waals surface area contributed by atoms with Crippen LogP contribution in [0.5, 0.6) is 0 Å². The van der Waals surface area contributed by atoms with Crippen molar-refractivity contribution in [3.05, 3.63) is 35.6 Å². The van der Waals surface area contributed by atoms with Crippen LogP contribution in [-0.2, 0) is 4.79 Å². The topological polar surface area (TPSA) is 41.1 Å². The molecule has 106 valence electrons. The van der Waals surface area contributed by atoms with Gasteiger partial charge in [0.25, 0.3) is 0 Å². The molecule has 0 fully saturated rings. The molecule has 0 heterocycles. The third-order valence-electron chi connectivity index (χ3n) is 3.09. The van der Waals surface area contributed by atoms with Crippen LogP contribution >= 0.6 is 0 Å². The summed E-state index contributed by atoms with van der Waals surface area (Å²) in [6.45, 7) is 6.41. The van der Waals surface area contributed by atoms with Gasteiger partial charge in [-0.05, 0) is 26.3 Å². The number of carbonyl (C=O) groups excluding carboxylic acids is 1. The summed E-state index contributed by atoms with van der Waals surface area (Å²) in [6, 6.07) is 6.07. The Balaban J connectivity index is 2.50. The van der Waals surface area contributed by atoms with Gasteiger partial charge in [-0.3, -0.25) is 10.1 Å². The normalized spacial score (nSPS) is 13.9. The van der Waals surface area contributed by atoms with Crippen LogP contribution in [0.3, 0.4) is 0 Å². The van der Waals surface area contributed by atoms with Crippen molar-refractivity contribution in [1.29, 1.82) is 0 Å². The minimum atomic E-state index is -0.341. The smallest absolute Gasteiger partial charge is 0.236 e. The lowest BCUT2D eigenvalue weighted by Crippen LogP contribution is -2.43. The minimum Gasteiger partial charge on any atom is -0.355 e. The fourth-order valence-electron chi connectivity index (χ4n) is 1.91. The fourth-order valence-corrected chi connectivity index (χ4v) is 1.91. The van der Waals surface area contributed by atoms with E-state index in [1.807, 2.05) is 6.92 Å². The zero-order valence-electron chi connectivity index (χ0n) is 11.9. The summed E-state index contributed by atoms with van der Waals surface area (Å²) in [5.41, 5.74) is 0.579. The van der Waals surface area contributed by atoms with E-state index in [1.54, 1.807) is 25.1 Å². The molecule has 1 aromatic rings. The van der Waals surface area contributed by atoms with Gasteiger partial charge in [-0.15, -0.1) is 0 Å². The Labute approximate surface area is 114 Å². The van der Waals surface area contributed by atoms with Crippen LogP contribution in [0.2, 0.25) is 0 Å². The second kappa shape index (κ2) is 7.89. The largest absolute Gasteiger partial charge is 0.355 e. The maximum absolute atomic E-state index is 13.6. The van der Waals surface area contributed by atoms with E-state index in [0.717, 1.165) is 12.8 Å². The van der Waals surface area contributed by atoms with Gasteiger partial charge in [0.2, 0.25) is 5.91 Å². The van der Waals surface area contributed by atoms with Crippen molar-refractivity contribution in [2.24, 2.45) is 0 Å². The first-order valence-corrected chi connectivity index (χ1v) is 6.84. The maximum atomic E-state index is 13.6. The molecule has 0 aliphatic rings. The number of nitrogens with one attached hydrogen (secondary N) is 2. The van der Waals surface area contributed by atoms with E-state index in [0.29, 0.717) is 12.1 Å². The molecule has 0 aromatic heterocycles. The maximum Gasteiger partial charge on any atom is 0.236 e. The first-order valence-electron chi connectivity index (χ1n) is 6.84. The monoisotopic (exact) mass is 266 g/mol. The second-order valence-corrected chi connectivity index (χ2v) is 4.78. The van der Waals surface area contributed by atoms with Crippen LogP contribution in [0.25, 0.3) is 0 Å². The third kappa shape index (κ3) is 4.99. The van der Waals surface area contributed by atoms with Crippen molar-refractivity contribution in [3.8, 4) is 0 Å². The molecule has 0 saturated heterocycles. The van der Waals surface area contributed by atoms with Crippen molar-refractivity contribution < 1.29 is 9.18 Å². The summed E-state index contributed by atoms with van der Waals surface area (Å²) >= 11 is 0. The van der Waals surface area contributed by atoms with Crippen LogP contribution in [0.1, 0.15) is 45.2 Å². The lowest BCUT2D eigenvalue weighted by Gasteiger charge is -2.20. The van der Waals surface area contributed by atoms with Crippen molar-refractivity contribution in [2.75, 3.05) is 6.54 Å². The van der Waals surface area contributed by atoms with Crippen LogP contribution in [-0.4, -0.2) is 18.5 Å². The lowest BCUT2D eigenvalue weighted by molar-refractivity contribution is -0.122. The number of rotatable bonds is 7. The van der Waals surface area contributed by atoms with Gasteiger partial charge in [-0.25, -0.2) is 4.39 Å². The molecule has 0 aliphatic heterocycles.